The van der Waals surface area contributed by atoms with E-state index in [4.69, 9.17) is 11.6 Å². The molecule has 2 heterocycles. The van der Waals surface area contributed by atoms with Crippen LogP contribution in [0.2, 0.25) is 5.15 Å². The summed E-state index contributed by atoms with van der Waals surface area (Å²) in [4.78, 5) is 6.01. The van der Waals surface area contributed by atoms with Gasteiger partial charge in [-0.25, -0.2) is 4.98 Å². The lowest BCUT2D eigenvalue weighted by atomic mass is 10.1. The molecule has 1 aliphatic heterocycles. The van der Waals surface area contributed by atoms with Crippen molar-refractivity contribution in [2.45, 2.75) is 31.5 Å². The number of fused-ring (bicyclic) bond motifs is 2. The number of nitrogens with zero attached hydrogens (tertiary/aromatic N) is 2. The molecule has 2 unspecified atom stereocenters. The van der Waals surface area contributed by atoms with Crippen LogP contribution in [0.1, 0.15) is 24.8 Å². The summed E-state index contributed by atoms with van der Waals surface area (Å²) < 4.78 is 38.2. The number of halogens is 4. The number of hydrogen-bond donors (Lipinski definition) is 0. The number of alkyl halides is 3. The first-order chi connectivity index (χ1) is 8.43. The molecule has 1 saturated carbocycles. The van der Waals surface area contributed by atoms with Crippen LogP contribution >= 0.6 is 11.6 Å². The van der Waals surface area contributed by atoms with Gasteiger partial charge in [-0.2, -0.15) is 13.2 Å². The van der Waals surface area contributed by atoms with Gasteiger partial charge in [-0.3, -0.25) is 0 Å². The van der Waals surface area contributed by atoms with Crippen molar-refractivity contribution < 1.29 is 13.2 Å². The number of piperidine rings is 1. The minimum absolute atomic E-state index is 0.0948. The summed E-state index contributed by atoms with van der Waals surface area (Å²) >= 11 is 5.70. The molecule has 2 atom stereocenters. The maximum atomic E-state index is 12.7. The highest BCUT2D eigenvalue weighted by atomic mass is 35.5. The summed E-state index contributed by atoms with van der Waals surface area (Å²) in [5.74, 6) is 0.965. The fourth-order valence-electron chi connectivity index (χ4n) is 3.00. The van der Waals surface area contributed by atoms with Gasteiger partial charge in [0.25, 0.3) is 0 Å². The second kappa shape index (κ2) is 4.02. The largest absolute Gasteiger partial charge is 0.416 e. The van der Waals surface area contributed by atoms with E-state index in [-0.39, 0.29) is 5.15 Å². The van der Waals surface area contributed by atoms with Crippen LogP contribution in [-0.4, -0.2) is 17.6 Å². The Morgan fingerprint density at radius 3 is 2.61 bits per heavy atom. The van der Waals surface area contributed by atoms with Crippen molar-refractivity contribution >= 4 is 17.4 Å². The lowest BCUT2D eigenvalue weighted by molar-refractivity contribution is -0.137. The summed E-state index contributed by atoms with van der Waals surface area (Å²) in [6.45, 7) is 0.801. The van der Waals surface area contributed by atoms with Gasteiger partial charge in [0.15, 0.2) is 0 Å². The normalized spacial score (nSPS) is 27.0. The lowest BCUT2D eigenvalue weighted by Gasteiger charge is -2.28. The van der Waals surface area contributed by atoms with Gasteiger partial charge in [-0.15, -0.1) is 0 Å². The molecule has 2 nitrogen and oxygen atoms in total. The van der Waals surface area contributed by atoms with Crippen molar-refractivity contribution in [1.82, 2.24) is 4.98 Å². The molecular formula is C12H12ClF3N2. The average molecular weight is 277 g/mol. The van der Waals surface area contributed by atoms with Crippen LogP contribution in [0.15, 0.2) is 12.1 Å². The number of hydrogen-bond acceptors (Lipinski definition) is 2. The third-order valence-electron chi connectivity index (χ3n) is 3.81. The van der Waals surface area contributed by atoms with Crippen molar-refractivity contribution in [3.63, 3.8) is 0 Å². The Morgan fingerprint density at radius 2 is 2.06 bits per heavy atom. The fraction of sp³-hybridized carbons (Fsp3) is 0.583. The Kier molecular flexibility index (Phi) is 2.70. The summed E-state index contributed by atoms with van der Waals surface area (Å²) in [5, 5.41) is -0.0948. The molecule has 6 heteroatoms. The van der Waals surface area contributed by atoms with Crippen molar-refractivity contribution in [3.8, 4) is 0 Å². The zero-order valence-corrected chi connectivity index (χ0v) is 10.3. The smallest absolute Gasteiger partial charge is 0.353 e. The molecule has 2 fully saturated rings. The monoisotopic (exact) mass is 276 g/mol. The second-order valence-electron chi connectivity index (χ2n) is 5.02. The fourth-order valence-corrected chi connectivity index (χ4v) is 3.20. The van der Waals surface area contributed by atoms with Gasteiger partial charge in [-0.05, 0) is 37.3 Å². The van der Waals surface area contributed by atoms with Crippen molar-refractivity contribution in [3.05, 3.63) is 22.8 Å². The summed E-state index contributed by atoms with van der Waals surface area (Å²) in [7, 11) is 0. The minimum atomic E-state index is -4.37. The zero-order valence-electron chi connectivity index (χ0n) is 9.54. The molecule has 0 amide bonds. The summed E-state index contributed by atoms with van der Waals surface area (Å²) in [5.41, 5.74) is -0.722. The van der Waals surface area contributed by atoms with E-state index in [9.17, 15) is 13.2 Å². The summed E-state index contributed by atoms with van der Waals surface area (Å²) in [6, 6.07) is 2.31. The van der Waals surface area contributed by atoms with E-state index in [1.54, 1.807) is 0 Å². The molecular weight excluding hydrogens is 265 g/mol. The number of pyridine rings is 1. The van der Waals surface area contributed by atoms with Crippen LogP contribution in [0.5, 0.6) is 0 Å². The molecule has 18 heavy (non-hydrogen) atoms. The van der Waals surface area contributed by atoms with Gasteiger partial charge in [0.2, 0.25) is 0 Å². The first-order valence-corrected chi connectivity index (χ1v) is 6.33. The second-order valence-corrected chi connectivity index (χ2v) is 5.41. The van der Waals surface area contributed by atoms with Gasteiger partial charge < -0.3 is 4.90 Å². The number of aromatic nitrogens is 1. The Labute approximate surface area is 108 Å². The van der Waals surface area contributed by atoms with E-state index in [1.807, 2.05) is 4.90 Å². The Morgan fingerprint density at radius 1 is 1.28 bits per heavy atom. The lowest BCUT2D eigenvalue weighted by Crippen LogP contribution is -2.32. The molecule has 98 valence electrons. The first-order valence-electron chi connectivity index (χ1n) is 5.95. The molecule has 1 aliphatic carbocycles. The topological polar surface area (TPSA) is 16.1 Å². The minimum Gasteiger partial charge on any atom is -0.353 e. The molecule has 2 bridgehead atoms. The zero-order chi connectivity index (χ0) is 12.9. The Hall–Kier alpha value is -0.970. The maximum Gasteiger partial charge on any atom is 0.416 e. The quantitative estimate of drug-likeness (QED) is 0.727. The summed E-state index contributed by atoms with van der Waals surface area (Å²) in [6.07, 6.45) is -1.09. The molecule has 1 saturated heterocycles. The molecule has 3 rings (SSSR count). The number of anilines is 1. The highest BCUT2D eigenvalue weighted by Crippen LogP contribution is 2.41. The molecule has 1 aromatic heterocycles. The van der Waals surface area contributed by atoms with Crippen LogP contribution in [0.25, 0.3) is 0 Å². The van der Waals surface area contributed by atoms with Crippen LogP contribution in [0.4, 0.5) is 19.0 Å². The van der Waals surface area contributed by atoms with Crippen LogP contribution in [0, 0.1) is 5.92 Å². The molecule has 0 spiro atoms. The van der Waals surface area contributed by atoms with Crippen LogP contribution in [0.3, 0.4) is 0 Å². The molecule has 0 N–H and O–H groups in total. The molecule has 0 aromatic carbocycles. The van der Waals surface area contributed by atoms with Crippen LogP contribution in [-0.2, 0) is 6.18 Å². The Balaban J connectivity index is 1.95. The van der Waals surface area contributed by atoms with E-state index in [0.29, 0.717) is 17.8 Å². The molecule has 0 radical (unpaired) electrons. The van der Waals surface area contributed by atoms with E-state index in [0.717, 1.165) is 31.5 Å². The standard InChI is InChI=1S/C12H12ClF3N2/c13-10-4-8(12(14,15)16)5-11(17-10)18-6-7-1-2-9(18)3-7/h4-5,7,9H,1-3,6H2. The molecule has 2 aliphatic rings. The van der Waals surface area contributed by atoms with Gasteiger partial charge in [0, 0.05) is 12.6 Å². The molecule has 1 aromatic rings. The first kappa shape index (κ1) is 12.1. The van der Waals surface area contributed by atoms with E-state index >= 15 is 0 Å². The van der Waals surface area contributed by atoms with Gasteiger partial charge in [0.1, 0.15) is 11.0 Å². The highest BCUT2D eigenvalue weighted by molar-refractivity contribution is 6.29. The number of rotatable bonds is 1. The Bertz CT molecular complexity index is 475. The van der Waals surface area contributed by atoms with Crippen molar-refractivity contribution in [2.24, 2.45) is 5.92 Å². The SMILES string of the molecule is FC(F)(F)c1cc(Cl)nc(N2CC3CCC2C3)c1. The third-order valence-corrected chi connectivity index (χ3v) is 4.01. The predicted molar refractivity (Wildman–Crippen MR) is 62.7 cm³/mol. The van der Waals surface area contributed by atoms with Crippen molar-refractivity contribution in [2.75, 3.05) is 11.4 Å². The predicted octanol–water partition coefficient (Wildman–Crippen LogP) is 3.74. The third kappa shape index (κ3) is 2.05. The van der Waals surface area contributed by atoms with Crippen LogP contribution < -0.4 is 4.90 Å². The average Bonchev–Trinajstić information content (AvgIpc) is 2.88. The van der Waals surface area contributed by atoms with Gasteiger partial charge in [0.05, 0.1) is 5.56 Å². The van der Waals surface area contributed by atoms with E-state index < -0.39 is 11.7 Å². The van der Waals surface area contributed by atoms with Gasteiger partial charge >= 0.3 is 6.18 Å². The maximum absolute atomic E-state index is 12.7. The van der Waals surface area contributed by atoms with Crippen molar-refractivity contribution in [1.29, 1.82) is 0 Å². The highest BCUT2D eigenvalue weighted by Gasteiger charge is 2.39. The van der Waals surface area contributed by atoms with Gasteiger partial charge in [-0.1, -0.05) is 11.6 Å². The van der Waals surface area contributed by atoms with E-state index in [1.165, 1.54) is 6.42 Å². The van der Waals surface area contributed by atoms with E-state index in [2.05, 4.69) is 4.98 Å².